The van der Waals surface area contributed by atoms with Gasteiger partial charge in [-0.2, -0.15) is 0 Å². The first-order valence-electron chi connectivity index (χ1n) is 7.80. The van der Waals surface area contributed by atoms with Crippen LogP contribution in [-0.4, -0.2) is 33.9 Å². The van der Waals surface area contributed by atoms with Crippen molar-refractivity contribution in [2.75, 3.05) is 23.7 Å². The lowest BCUT2D eigenvalue weighted by molar-refractivity contribution is -0.121. The Morgan fingerprint density at radius 3 is 2.74 bits per heavy atom. The maximum absolute atomic E-state index is 11.6. The third-order valence-electron chi connectivity index (χ3n) is 3.51. The van der Waals surface area contributed by atoms with E-state index < -0.39 is 0 Å². The smallest absolute Gasteiger partial charge is 0.220 e. The molecule has 1 saturated carbocycles. The molecule has 23 heavy (non-hydrogen) atoms. The minimum absolute atomic E-state index is 0.134. The van der Waals surface area contributed by atoms with E-state index in [1.807, 2.05) is 18.2 Å². The molecule has 1 aliphatic carbocycles. The molecule has 0 atom stereocenters. The van der Waals surface area contributed by atoms with Crippen molar-refractivity contribution in [3.05, 3.63) is 36.8 Å². The van der Waals surface area contributed by atoms with E-state index in [0.717, 1.165) is 5.82 Å². The third kappa shape index (κ3) is 5.21. The second-order valence-corrected chi connectivity index (χ2v) is 5.55. The largest absolute Gasteiger partial charge is 0.368 e. The molecule has 2 heterocycles. The van der Waals surface area contributed by atoms with Crippen LogP contribution in [0.1, 0.15) is 19.3 Å². The summed E-state index contributed by atoms with van der Waals surface area (Å²) in [6.07, 6.45) is 6.25. The van der Waals surface area contributed by atoms with Gasteiger partial charge in [-0.1, -0.05) is 6.07 Å². The molecule has 0 aliphatic heterocycles. The average molecular weight is 312 g/mol. The number of pyridine rings is 1. The van der Waals surface area contributed by atoms with Crippen LogP contribution in [0.5, 0.6) is 0 Å². The summed E-state index contributed by atoms with van der Waals surface area (Å²) >= 11 is 0. The fourth-order valence-corrected chi connectivity index (χ4v) is 2.14. The van der Waals surface area contributed by atoms with Crippen molar-refractivity contribution in [2.45, 2.75) is 19.3 Å². The Morgan fingerprint density at radius 2 is 1.96 bits per heavy atom. The van der Waals surface area contributed by atoms with Crippen molar-refractivity contribution < 1.29 is 4.79 Å². The lowest BCUT2D eigenvalue weighted by atomic mass is 10.3. The molecule has 7 heteroatoms. The molecular formula is C16H20N6O. The fourth-order valence-electron chi connectivity index (χ4n) is 2.14. The molecule has 3 rings (SSSR count). The van der Waals surface area contributed by atoms with Gasteiger partial charge in [0.05, 0.1) is 0 Å². The third-order valence-corrected chi connectivity index (χ3v) is 3.51. The SMILES string of the molecule is O=C(CC1CC1)NCCNc1cc(Nc2ccccn2)ncn1. The molecular weight excluding hydrogens is 292 g/mol. The molecule has 0 unspecified atom stereocenters. The highest BCUT2D eigenvalue weighted by atomic mass is 16.1. The van der Waals surface area contributed by atoms with Gasteiger partial charge in [0.15, 0.2) is 0 Å². The average Bonchev–Trinajstić information content (AvgIpc) is 3.37. The molecule has 3 N–H and O–H groups in total. The van der Waals surface area contributed by atoms with Gasteiger partial charge < -0.3 is 16.0 Å². The molecule has 1 aliphatic rings. The summed E-state index contributed by atoms with van der Waals surface area (Å²) in [6, 6.07) is 7.43. The van der Waals surface area contributed by atoms with Crippen molar-refractivity contribution in [1.29, 1.82) is 0 Å². The van der Waals surface area contributed by atoms with Gasteiger partial charge in [-0.25, -0.2) is 15.0 Å². The van der Waals surface area contributed by atoms with Crippen LogP contribution >= 0.6 is 0 Å². The number of anilines is 3. The second kappa shape index (κ2) is 7.53. The number of amides is 1. The minimum atomic E-state index is 0.134. The molecule has 2 aromatic heterocycles. The maximum Gasteiger partial charge on any atom is 0.220 e. The molecule has 0 radical (unpaired) electrons. The van der Waals surface area contributed by atoms with Crippen molar-refractivity contribution in [2.24, 2.45) is 5.92 Å². The maximum atomic E-state index is 11.6. The van der Waals surface area contributed by atoms with Crippen LogP contribution in [0, 0.1) is 5.92 Å². The van der Waals surface area contributed by atoms with Crippen LogP contribution in [0.25, 0.3) is 0 Å². The predicted octanol–water partition coefficient (Wildman–Crippen LogP) is 1.94. The van der Waals surface area contributed by atoms with E-state index in [0.29, 0.717) is 37.1 Å². The summed E-state index contributed by atoms with van der Waals surface area (Å²) in [7, 11) is 0. The summed E-state index contributed by atoms with van der Waals surface area (Å²) in [6.45, 7) is 1.20. The van der Waals surface area contributed by atoms with Gasteiger partial charge in [-0.15, -0.1) is 0 Å². The Hall–Kier alpha value is -2.70. The van der Waals surface area contributed by atoms with Gasteiger partial charge in [0.25, 0.3) is 0 Å². The van der Waals surface area contributed by atoms with Crippen LogP contribution in [0.3, 0.4) is 0 Å². The topological polar surface area (TPSA) is 91.8 Å². The molecule has 0 saturated heterocycles. The quantitative estimate of drug-likeness (QED) is 0.645. The number of rotatable bonds is 8. The summed E-state index contributed by atoms with van der Waals surface area (Å²) in [5, 5.41) is 9.19. The van der Waals surface area contributed by atoms with Crippen molar-refractivity contribution in [1.82, 2.24) is 20.3 Å². The van der Waals surface area contributed by atoms with E-state index in [1.54, 1.807) is 12.3 Å². The molecule has 1 fully saturated rings. The Balaban J connectivity index is 1.43. The predicted molar refractivity (Wildman–Crippen MR) is 88.4 cm³/mol. The van der Waals surface area contributed by atoms with Gasteiger partial charge in [0.1, 0.15) is 23.8 Å². The lowest BCUT2D eigenvalue weighted by Crippen LogP contribution is -2.29. The normalized spacial score (nSPS) is 13.4. The molecule has 120 valence electrons. The van der Waals surface area contributed by atoms with Crippen molar-refractivity contribution >= 4 is 23.4 Å². The lowest BCUT2D eigenvalue weighted by Gasteiger charge is -2.09. The minimum Gasteiger partial charge on any atom is -0.368 e. The molecule has 0 bridgehead atoms. The van der Waals surface area contributed by atoms with Crippen LogP contribution in [0.2, 0.25) is 0 Å². The molecule has 7 nitrogen and oxygen atoms in total. The molecule has 1 amide bonds. The first-order valence-corrected chi connectivity index (χ1v) is 7.80. The van der Waals surface area contributed by atoms with Crippen molar-refractivity contribution in [3.63, 3.8) is 0 Å². The summed E-state index contributed by atoms with van der Waals surface area (Å²) < 4.78 is 0. The second-order valence-electron chi connectivity index (χ2n) is 5.55. The Labute approximate surface area is 135 Å². The van der Waals surface area contributed by atoms with E-state index in [1.165, 1.54) is 19.2 Å². The summed E-state index contributed by atoms with van der Waals surface area (Å²) in [5.74, 6) is 2.85. The van der Waals surface area contributed by atoms with E-state index in [4.69, 9.17) is 0 Å². The van der Waals surface area contributed by atoms with Crippen LogP contribution in [-0.2, 0) is 4.79 Å². The Morgan fingerprint density at radius 1 is 1.09 bits per heavy atom. The van der Waals surface area contributed by atoms with Gasteiger partial charge in [0.2, 0.25) is 5.91 Å². The zero-order valence-corrected chi connectivity index (χ0v) is 12.8. The zero-order valence-electron chi connectivity index (χ0n) is 12.8. The molecule has 0 spiro atoms. The van der Waals surface area contributed by atoms with Crippen LogP contribution in [0.15, 0.2) is 36.8 Å². The molecule has 0 aromatic carbocycles. The number of carbonyl (C=O) groups is 1. The molecule has 2 aromatic rings. The Kier molecular flexibility index (Phi) is 4.98. The highest BCUT2D eigenvalue weighted by molar-refractivity contribution is 5.76. The number of carbonyl (C=O) groups excluding carboxylic acids is 1. The number of nitrogens with zero attached hydrogens (tertiary/aromatic N) is 3. The van der Waals surface area contributed by atoms with Gasteiger partial charge >= 0.3 is 0 Å². The van der Waals surface area contributed by atoms with Crippen LogP contribution in [0.4, 0.5) is 17.5 Å². The Bertz CT molecular complexity index is 644. The van der Waals surface area contributed by atoms with Gasteiger partial charge in [-0.05, 0) is 30.9 Å². The van der Waals surface area contributed by atoms with E-state index in [-0.39, 0.29) is 5.91 Å². The number of nitrogens with one attached hydrogen (secondary N) is 3. The summed E-state index contributed by atoms with van der Waals surface area (Å²) in [5.41, 5.74) is 0. The monoisotopic (exact) mass is 312 g/mol. The number of hydrogen-bond acceptors (Lipinski definition) is 6. The van der Waals surface area contributed by atoms with Gasteiger partial charge in [-0.3, -0.25) is 4.79 Å². The van der Waals surface area contributed by atoms with Crippen molar-refractivity contribution in [3.8, 4) is 0 Å². The number of aromatic nitrogens is 3. The first-order chi connectivity index (χ1) is 11.3. The fraction of sp³-hybridized carbons (Fsp3) is 0.375. The standard InChI is InChI=1S/C16H20N6O/c23-16(9-12-4-5-12)19-8-7-18-14-10-15(21-11-20-14)22-13-3-1-2-6-17-13/h1-3,6,10-12H,4-5,7-9H2,(H,19,23)(H2,17,18,20,21,22). The van der Waals surface area contributed by atoms with Gasteiger partial charge in [0, 0.05) is 31.8 Å². The van der Waals surface area contributed by atoms with E-state index >= 15 is 0 Å². The highest BCUT2D eigenvalue weighted by Gasteiger charge is 2.23. The first kappa shape index (κ1) is 15.2. The highest BCUT2D eigenvalue weighted by Crippen LogP contribution is 2.31. The zero-order chi connectivity index (χ0) is 15.9. The van der Waals surface area contributed by atoms with E-state index in [9.17, 15) is 4.79 Å². The summed E-state index contributed by atoms with van der Waals surface area (Å²) in [4.78, 5) is 24.1. The van der Waals surface area contributed by atoms with E-state index in [2.05, 4.69) is 30.9 Å². The van der Waals surface area contributed by atoms with Crippen LogP contribution < -0.4 is 16.0 Å². The number of hydrogen-bond donors (Lipinski definition) is 3.